The maximum absolute atomic E-state index is 13.7. The summed E-state index contributed by atoms with van der Waals surface area (Å²) in [5.41, 5.74) is 4.39. The van der Waals surface area contributed by atoms with E-state index in [4.69, 9.17) is 4.74 Å². The Labute approximate surface area is 206 Å². The molecule has 6 heteroatoms. The summed E-state index contributed by atoms with van der Waals surface area (Å²) in [7, 11) is 0. The van der Waals surface area contributed by atoms with Gasteiger partial charge in [-0.1, -0.05) is 48.5 Å². The average Bonchev–Trinajstić information content (AvgIpc) is 3.32. The maximum Gasteiger partial charge on any atom is 0.318 e. The molecule has 1 unspecified atom stereocenters. The average molecular weight is 472 g/mol. The molecule has 6 nitrogen and oxygen atoms in total. The Balaban J connectivity index is 1.35. The van der Waals surface area contributed by atoms with Crippen molar-refractivity contribution >= 4 is 12.0 Å². The summed E-state index contributed by atoms with van der Waals surface area (Å²) >= 11 is 0. The molecule has 2 amide bonds. The molecule has 1 aromatic heterocycles. The van der Waals surface area contributed by atoms with Crippen molar-refractivity contribution < 1.29 is 14.3 Å². The van der Waals surface area contributed by atoms with Crippen LogP contribution in [0.15, 0.2) is 72.9 Å². The number of amides is 2. The molecule has 2 heterocycles. The summed E-state index contributed by atoms with van der Waals surface area (Å²) in [6, 6.07) is 22.4. The van der Waals surface area contributed by atoms with Crippen LogP contribution in [0.2, 0.25) is 0 Å². The van der Waals surface area contributed by atoms with Crippen LogP contribution >= 0.6 is 0 Å². The van der Waals surface area contributed by atoms with Gasteiger partial charge >= 0.3 is 12.0 Å². The minimum atomic E-state index is -0.196. The van der Waals surface area contributed by atoms with Crippen molar-refractivity contribution in [2.24, 2.45) is 11.8 Å². The van der Waals surface area contributed by atoms with Gasteiger partial charge in [0, 0.05) is 18.4 Å². The van der Waals surface area contributed by atoms with Crippen LogP contribution in [0.3, 0.4) is 0 Å². The minimum Gasteiger partial charge on any atom is -0.466 e. The van der Waals surface area contributed by atoms with Gasteiger partial charge in [-0.15, -0.1) is 0 Å². The summed E-state index contributed by atoms with van der Waals surface area (Å²) in [6.45, 7) is 3.42. The first-order chi connectivity index (χ1) is 17.2. The van der Waals surface area contributed by atoms with E-state index in [0.717, 1.165) is 48.2 Å². The van der Waals surface area contributed by atoms with Gasteiger partial charge in [0.25, 0.3) is 0 Å². The van der Waals surface area contributed by atoms with Crippen LogP contribution in [0.4, 0.5) is 4.79 Å². The lowest BCUT2D eigenvalue weighted by Gasteiger charge is -2.32. The van der Waals surface area contributed by atoms with Crippen molar-refractivity contribution in [2.45, 2.75) is 45.2 Å². The van der Waals surface area contributed by atoms with Crippen molar-refractivity contribution in [1.29, 1.82) is 0 Å². The van der Waals surface area contributed by atoms with Crippen molar-refractivity contribution in [2.75, 3.05) is 13.2 Å². The van der Waals surface area contributed by atoms with Crippen LogP contribution < -0.4 is 5.32 Å². The second-order valence-corrected chi connectivity index (χ2v) is 9.53. The zero-order valence-corrected chi connectivity index (χ0v) is 20.2. The van der Waals surface area contributed by atoms with Crippen molar-refractivity contribution in [3.8, 4) is 5.69 Å². The van der Waals surface area contributed by atoms with E-state index in [1.165, 1.54) is 0 Å². The number of nitrogens with one attached hydrogen (secondary N) is 1. The fourth-order valence-electron chi connectivity index (χ4n) is 5.52. The Morgan fingerprint density at radius 1 is 0.943 bits per heavy atom. The van der Waals surface area contributed by atoms with Crippen LogP contribution in [-0.4, -0.2) is 34.6 Å². The third-order valence-corrected chi connectivity index (χ3v) is 7.35. The fourth-order valence-corrected chi connectivity index (χ4v) is 5.52. The minimum absolute atomic E-state index is 0.000687. The Morgan fingerprint density at radius 2 is 1.69 bits per heavy atom. The van der Waals surface area contributed by atoms with Crippen LogP contribution in [0.5, 0.6) is 0 Å². The molecular weight excluding hydrogens is 438 g/mol. The lowest BCUT2D eigenvalue weighted by atomic mass is 9.82. The first-order valence-electron chi connectivity index (χ1n) is 12.7. The fraction of sp³-hybridized carbons (Fsp3) is 0.379. The first kappa shape index (κ1) is 23.2. The first-order valence-corrected chi connectivity index (χ1v) is 12.7. The smallest absolute Gasteiger partial charge is 0.318 e. The topological polar surface area (TPSA) is 63.6 Å². The van der Waals surface area contributed by atoms with Gasteiger partial charge in [-0.2, -0.15) is 0 Å². The number of para-hydroxylation sites is 1. The predicted molar refractivity (Wildman–Crippen MR) is 135 cm³/mol. The highest BCUT2D eigenvalue weighted by molar-refractivity contribution is 5.76. The predicted octanol–water partition coefficient (Wildman–Crippen LogP) is 5.46. The summed E-state index contributed by atoms with van der Waals surface area (Å²) in [5, 5.41) is 3.23. The van der Waals surface area contributed by atoms with Gasteiger partial charge in [-0.25, -0.2) is 4.79 Å². The maximum atomic E-state index is 13.7. The number of hydrogen-bond donors (Lipinski definition) is 1. The molecule has 5 rings (SSSR count). The molecule has 1 atom stereocenters. The third kappa shape index (κ3) is 4.83. The largest absolute Gasteiger partial charge is 0.466 e. The Hall–Kier alpha value is -3.54. The molecular formula is C29H33N3O3. The standard InChI is InChI=1S/C29H33N3O3/c1-2-35-28(33)23-16-14-21(15-17-23)19-30-29(34)32-20-24-11-6-7-12-25(24)31-18-8-13-26(31)27(32)22-9-4-3-5-10-22/h3-13,18,21,23,27H,2,14-17,19-20H2,1H3,(H,30,34). The van der Waals surface area contributed by atoms with Crippen molar-refractivity contribution in [1.82, 2.24) is 14.8 Å². The van der Waals surface area contributed by atoms with Crippen LogP contribution in [0, 0.1) is 11.8 Å². The summed E-state index contributed by atoms with van der Waals surface area (Å²) in [6.07, 6.45) is 5.59. The highest BCUT2D eigenvalue weighted by Gasteiger charge is 2.33. The summed E-state index contributed by atoms with van der Waals surface area (Å²) in [5.74, 6) is 0.300. The van der Waals surface area contributed by atoms with Crippen molar-refractivity contribution in [3.63, 3.8) is 0 Å². The van der Waals surface area contributed by atoms with Gasteiger partial charge in [-0.05, 0) is 67.9 Å². The monoisotopic (exact) mass is 471 g/mol. The summed E-state index contributed by atoms with van der Waals surface area (Å²) < 4.78 is 7.40. The molecule has 2 aromatic carbocycles. The van der Waals surface area contributed by atoms with E-state index in [1.807, 2.05) is 48.2 Å². The van der Waals surface area contributed by atoms with E-state index in [-0.39, 0.29) is 24.0 Å². The zero-order chi connectivity index (χ0) is 24.2. The van der Waals surface area contributed by atoms with Crippen LogP contribution in [0.25, 0.3) is 5.69 Å². The third-order valence-electron chi connectivity index (χ3n) is 7.35. The number of urea groups is 1. The van der Waals surface area contributed by atoms with Crippen molar-refractivity contribution in [3.05, 3.63) is 89.7 Å². The van der Waals surface area contributed by atoms with E-state index in [0.29, 0.717) is 25.6 Å². The number of benzene rings is 2. The lowest BCUT2D eigenvalue weighted by molar-refractivity contribution is -0.149. The van der Waals surface area contributed by atoms with E-state index in [1.54, 1.807) is 0 Å². The molecule has 0 radical (unpaired) electrons. The molecule has 0 spiro atoms. The SMILES string of the molecule is CCOC(=O)C1CCC(CNC(=O)N2Cc3ccccc3-n3cccc3C2c2ccccc2)CC1. The number of hydrogen-bond acceptors (Lipinski definition) is 3. The van der Waals surface area contributed by atoms with Crippen LogP contribution in [0.1, 0.15) is 55.5 Å². The number of carbonyl (C=O) groups is 2. The molecule has 1 saturated carbocycles. The van der Waals surface area contributed by atoms with Gasteiger partial charge in [0.2, 0.25) is 0 Å². The molecule has 1 aliphatic carbocycles. The molecule has 0 saturated heterocycles. The number of rotatable bonds is 5. The van der Waals surface area contributed by atoms with Gasteiger partial charge in [0.05, 0.1) is 30.8 Å². The Morgan fingerprint density at radius 3 is 2.46 bits per heavy atom. The molecule has 1 fully saturated rings. The van der Waals surface area contributed by atoms with Crippen LogP contribution in [-0.2, 0) is 16.1 Å². The van der Waals surface area contributed by atoms with Gasteiger partial charge in [0.15, 0.2) is 0 Å². The molecule has 0 bridgehead atoms. The normalized spacial score (nSPS) is 21.4. The molecule has 35 heavy (non-hydrogen) atoms. The number of fused-ring (bicyclic) bond motifs is 3. The molecule has 1 aliphatic heterocycles. The van der Waals surface area contributed by atoms with Gasteiger partial charge in [-0.3, -0.25) is 4.79 Å². The number of carbonyl (C=O) groups excluding carboxylic acids is 2. The second kappa shape index (κ2) is 10.4. The molecule has 1 N–H and O–H groups in total. The summed E-state index contributed by atoms with van der Waals surface area (Å²) in [4.78, 5) is 27.7. The number of esters is 1. The number of nitrogens with zero attached hydrogens (tertiary/aromatic N) is 2. The highest BCUT2D eigenvalue weighted by Crippen LogP contribution is 2.36. The second-order valence-electron chi connectivity index (χ2n) is 9.53. The highest BCUT2D eigenvalue weighted by atomic mass is 16.5. The Kier molecular flexibility index (Phi) is 6.89. The zero-order valence-electron chi connectivity index (χ0n) is 20.2. The lowest BCUT2D eigenvalue weighted by Crippen LogP contribution is -2.44. The van der Waals surface area contributed by atoms with E-state index < -0.39 is 0 Å². The molecule has 182 valence electrons. The molecule has 2 aliphatic rings. The van der Waals surface area contributed by atoms with E-state index in [2.05, 4.69) is 46.4 Å². The van der Waals surface area contributed by atoms with E-state index >= 15 is 0 Å². The number of ether oxygens (including phenoxy) is 1. The Bertz CT molecular complexity index is 1160. The molecule has 3 aromatic rings. The van der Waals surface area contributed by atoms with Gasteiger partial charge in [0.1, 0.15) is 0 Å². The quantitative estimate of drug-likeness (QED) is 0.503. The van der Waals surface area contributed by atoms with E-state index in [9.17, 15) is 9.59 Å². The van der Waals surface area contributed by atoms with Gasteiger partial charge < -0.3 is 19.5 Å². The number of aromatic nitrogens is 1.